The molecule has 98 valence electrons. The molecule has 0 aliphatic carbocycles. The number of anilines is 1. The van der Waals surface area contributed by atoms with Gasteiger partial charge in [0, 0.05) is 18.3 Å². The fourth-order valence-electron chi connectivity index (χ4n) is 1.58. The van der Waals surface area contributed by atoms with Crippen molar-refractivity contribution >= 4 is 34.0 Å². The highest BCUT2D eigenvalue weighted by molar-refractivity contribution is 14.1. The van der Waals surface area contributed by atoms with Gasteiger partial charge >= 0.3 is 0 Å². The molecule has 19 heavy (non-hydrogen) atoms. The Morgan fingerprint density at radius 2 is 1.89 bits per heavy atom. The molecule has 0 fully saturated rings. The third kappa shape index (κ3) is 3.90. The molecular formula is C13H12IN3O2. The summed E-state index contributed by atoms with van der Waals surface area (Å²) < 4.78 is 0.641. The van der Waals surface area contributed by atoms with Crippen molar-refractivity contribution in [2.45, 2.75) is 6.54 Å². The van der Waals surface area contributed by atoms with Crippen molar-refractivity contribution in [3.05, 3.63) is 67.8 Å². The highest BCUT2D eigenvalue weighted by atomic mass is 127. The van der Waals surface area contributed by atoms with Crippen molar-refractivity contribution in [1.29, 1.82) is 0 Å². The average Bonchev–Trinajstić information content (AvgIpc) is 2.41. The maximum atomic E-state index is 10.8. The minimum absolute atomic E-state index is 0.139. The second kappa shape index (κ2) is 6.48. The Hall–Kier alpha value is -1.67. The van der Waals surface area contributed by atoms with Crippen molar-refractivity contribution in [2.24, 2.45) is 0 Å². The second-order valence-corrected chi connectivity index (χ2v) is 5.05. The van der Waals surface area contributed by atoms with Crippen LogP contribution in [0.15, 0.2) is 48.5 Å². The molecule has 0 amide bonds. The number of nitro benzene ring substituents is 1. The Labute approximate surface area is 124 Å². The zero-order chi connectivity index (χ0) is 13.7. The van der Waals surface area contributed by atoms with E-state index in [1.807, 2.05) is 59.0 Å². The molecule has 0 bridgehead atoms. The van der Waals surface area contributed by atoms with Gasteiger partial charge in [-0.2, -0.15) is 0 Å². The van der Waals surface area contributed by atoms with E-state index in [0.29, 0.717) is 10.1 Å². The smallest absolute Gasteiger partial charge is 0.282 e. The van der Waals surface area contributed by atoms with Gasteiger partial charge in [0.25, 0.3) is 5.69 Å². The van der Waals surface area contributed by atoms with Crippen LogP contribution in [-0.4, -0.2) is 4.92 Å². The highest BCUT2D eigenvalue weighted by Crippen LogP contribution is 2.21. The number of hydrogen-bond donors (Lipinski definition) is 2. The molecule has 0 aliphatic rings. The lowest BCUT2D eigenvalue weighted by molar-refractivity contribution is -0.385. The number of nitrogens with one attached hydrogen (secondary N) is 2. The fourth-order valence-corrected chi connectivity index (χ4v) is 2.11. The SMILES string of the molecule is O=[N+]([O-])c1cc(CNNc2ccccc2)ccc1I. The predicted molar refractivity (Wildman–Crippen MR) is 82.7 cm³/mol. The Kier molecular flexibility index (Phi) is 4.69. The zero-order valence-electron chi connectivity index (χ0n) is 9.97. The summed E-state index contributed by atoms with van der Waals surface area (Å²) in [6.45, 7) is 0.507. The predicted octanol–water partition coefficient (Wildman–Crippen LogP) is 3.32. The van der Waals surface area contributed by atoms with E-state index in [9.17, 15) is 10.1 Å². The van der Waals surface area contributed by atoms with Crippen LogP contribution in [0, 0.1) is 13.7 Å². The second-order valence-electron chi connectivity index (χ2n) is 3.89. The number of nitrogens with zero attached hydrogens (tertiary/aromatic N) is 1. The monoisotopic (exact) mass is 369 g/mol. The third-order valence-corrected chi connectivity index (χ3v) is 3.42. The molecule has 0 radical (unpaired) electrons. The molecule has 0 saturated heterocycles. The van der Waals surface area contributed by atoms with Crippen LogP contribution in [-0.2, 0) is 6.54 Å². The molecular weight excluding hydrogens is 357 g/mol. The van der Waals surface area contributed by atoms with Crippen molar-refractivity contribution in [3.8, 4) is 0 Å². The van der Waals surface area contributed by atoms with E-state index in [1.165, 1.54) is 0 Å². The van der Waals surface area contributed by atoms with Gasteiger partial charge in [-0.25, -0.2) is 5.43 Å². The topological polar surface area (TPSA) is 67.2 Å². The van der Waals surface area contributed by atoms with Crippen LogP contribution in [0.3, 0.4) is 0 Å². The van der Waals surface area contributed by atoms with Gasteiger partial charge in [-0.05, 0) is 46.4 Å². The molecule has 2 rings (SSSR count). The van der Waals surface area contributed by atoms with Gasteiger partial charge in [-0.3, -0.25) is 10.1 Å². The molecule has 0 unspecified atom stereocenters. The van der Waals surface area contributed by atoms with Gasteiger partial charge in [-0.1, -0.05) is 24.3 Å². The van der Waals surface area contributed by atoms with Gasteiger partial charge < -0.3 is 5.43 Å². The Balaban J connectivity index is 1.97. The lowest BCUT2D eigenvalue weighted by Crippen LogP contribution is -2.20. The molecule has 5 nitrogen and oxygen atoms in total. The Bertz CT molecular complexity index is 575. The third-order valence-electron chi connectivity index (χ3n) is 2.51. The van der Waals surface area contributed by atoms with Crippen molar-refractivity contribution in [2.75, 3.05) is 5.43 Å². The molecule has 2 N–H and O–H groups in total. The molecule has 2 aromatic carbocycles. The highest BCUT2D eigenvalue weighted by Gasteiger charge is 2.11. The molecule has 0 heterocycles. The molecule has 0 aromatic heterocycles. The minimum Gasteiger partial charge on any atom is -0.321 e. The summed E-state index contributed by atoms with van der Waals surface area (Å²) in [5, 5.41) is 10.8. The van der Waals surface area contributed by atoms with E-state index >= 15 is 0 Å². The maximum absolute atomic E-state index is 10.8. The molecule has 0 saturated carbocycles. The zero-order valence-corrected chi connectivity index (χ0v) is 12.1. The maximum Gasteiger partial charge on any atom is 0.282 e. The quantitative estimate of drug-likeness (QED) is 0.482. The number of nitro groups is 1. The normalized spacial score (nSPS) is 10.2. The first-order chi connectivity index (χ1) is 9.16. The fraction of sp³-hybridized carbons (Fsp3) is 0.0769. The standard InChI is InChI=1S/C13H12IN3O2/c14-12-7-6-10(8-13(12)17(18)19)9-15-16-11-4-2-1-3-5-11/h1-8,15-16H,9H2. The molecule has 0 atom stereocenters. The van der Waals surface area contributed by atoms with Crippen molar-refractivity contribution < 1.29 is 4.92 Å². The molecule has 0 aliphatic heterocycles. The Morgan fingerprint density at radius 3 is 2.58 bits per heavy atom. The van der Waals surface area contributed by atoms with Gasteiger partial charge in [0.15, 0.2) is 0 Å². The number of rotatable bonds is 5. The van der Waals surface area contributed by atoms with Crippen LogP contribution in [0.25, 0.3) is 0 Å². The number of halogens is 1. The number of para-hydroxylation sites is 1. The molecule has 0 spiro atoms. The number of benzene rings is 2. The van der Waals surface area contributed by atoms with Crippen LogP contribution < -0.4 is 10.9 Å². The van der Waals surface area contributed by atoms with E-state index in [-0.39, 0.29) is 10.6 Å². The van der Waals surface area contributed by atoms with Gasteiger partial charge in [0.05, 0.1) is 8.49 Å². The largest absolute Gasteiger partial charge is 0.321 e. The van der Waals surface area contributed by atoms with Gasteiger partial charge in [0.2, 0.25) is 0 Å². The minimum atomic E-state index is -0.365. The summed E-state index contributed by atoms with van der Waals surface area (Å²) in [6.07, 6.45) is 0. The van der Waals surface area contributed by atoms with Crippen LogP contribution in [0.1, 0.15) is 5.56 Å². The van der Waals surface area contributed by atoms with Crippen molar-refractivity contribution in [3.63, 3.8) is 0 Å². The molecule has 2 aromatic rings. The van der Waals surface area contributed by atoms with E-state index < -0.39 is 0 Å². The van der Waals surface area contributed by atoms with E-state index in [4.69, 9.17) is 0 Å². The summed E-state index contributed by atoms with van der Waals surface area (Å²) >= 11 is 1.96. The first-order valence-electron chi connectivity index (χ1n) is 5.63. The van der Waals surface area contributed by atoms with Crippen LogP contribution in [0.4, 0.5) is 11.4 Å². The number of hydrazine groups is 1. The lowest BCUT2D eigenvalue weighted by atomic mass is 10.2. The summed E-state index contributed by atoms with van der Waals surface area (Å²) in [5.74, 6) is 0. The average molecular weight is 369 g/mol. The van der Waals surface area contributed by atoms with E-state index in [0.717, 1.165) is 11.3 Å². The van der Waals surface area contributed by atoms with Crippen LogP contribution in [0.2, 0.25) is 0 Å². The first-order valence-corrected chi connectivity index (χ1v) is 6.71. The number of hydrogen-bond acceptors (Lipinski definition) is 4. The van der Waals surface area contributed by atoms with Crippen LogP contribution in [0.5, 0.6) is 0 Å². The van der Waals surface area contributed by atoms with E-state index in [2.05, 4.69) is 10.9 Å². The lowest BCUT2D eigenvalue weighted by Gasteiger charge is -2.08. The summed E-state index contributed by atoms with van der Waals surface area (Å²) in [5.41, 5.74) is 8.01. The van der Waals surface area contributed by atoms with Crippen molar-refractivity contribution in [1.82, 2.24) is 5.43 Å². The summed E-state index contributed by atoms with van der Waals surface area (Å²) in [6, 6.07) is 14.9. The first kappa shape index (κ1) is 13.8. The summed E-state index contributed by atoms with van der Waals surface area (Å²) in [7, 11) is 0. The van der Waals surface area contributed by atoms with Gasteiger partial charge in [-0.15, -0.1) is 0 Å². The van der Waals surface area contributed by atoms with Gasteiger partial charge in [0.1, 0.15) is 0 Å². The van der Waals surface area contributed by atoms with E-state index in [1.54, 1.807) is 12.1 Å². The Morgan fingerprint density at radius 1 is 1.16 bits per heavy atom. The summed E-state index contributed by atoms with van der Waals surface area (Å²) in [4.78, 5) is 10.5. The molecule has 6 heteroatoms. The van der Waals surface area contributed by atoms with Crippen LogP contribution >= 0.6 is 22.6 Å².